The van der Waals surface area contributed by atoms with E-state index in [9.17, 15) is 14.0 Å². The van der Waals surface area contributed by atoms with Crippen molar-refractivity contribution in [1.82, 2.24) is 10.2 Å². The number of carboxylic acids is 1. The largest absolute Gasteiger partial charge is 0.478 e. The number of aromatic nitrogens is 2. The zero-order valence-electron chi connectivity index (χ0n) is 9.48. The minimum Gasteiger partial charge on any atom is -0.478 e. The van der Waals surface area contributed by atoms with Gasteiger partial charge in [0.2, 0.25) is 0 Å². The minimum atomic E-state index is -1.24. The average molecular weight is 264 g/mol. The Morgan fingerprint density at radius 1 is 1.32 bits per heavy atom. The zero-order chi connectivity index (χ0) is 13.8. The monoisotopic (exact) mass is 264 g/mol. The number of H-pyrrole nitrogens is 1. The first kappa shape index (κ1) is 12.6. The van der Waals surface area contributed by atoms with Gasteiger partial charge in [-0.15, -0.1) is 0 Å². The fraction of sp³-hybridized carbons (Fsp3) is 0. The van der Waals surface area contributed by atoms with Crippen LogP contribution < -0.4 is 10.6 Å². The Labute approximate surface area is 106 Å². The lowest BCUT2D eigenvalue weighted by atomic mass is 10.2. The molecule has 98 valence electrons. The molecule has 19 heavy (non-hydrogen) atoms. The van der Waals surface area contributed by atoms with E-state index in [1.54, 1.807) is 0 Å². The van der Waals surface area contributed by atoms with Crippen molar-refractivity contribution in [2.45, 2.75) is 0 Å². The molecule has 1 aromatic heterocycles. The van der Waals surface area contributed by atoms with Crippen LogP contribution in [0.3, 0.4) is 0 Å². The van der Waals surface area contributed by atoms with E-state index >= 15 is 0 Å². The number of nitrogens with one attached hydrogen (secondary N) is 3. The fourth-order valence-electron chi connectivity index (χ4n) is 1.35. The molecule has 0 aliphatic carbocycles. The average Bonchev–Trinajstić information content (AvgIpc) is 2.84. The van der Waals surface area contributed by atoms with Crippen LogP contribution in [0.15, 0.2) is 30.6 Å². The van der Waals surface area contributed by atoms with Crippen molar-refractivity contribution in [2.24, 2.45) is 0 Å². The summed E-state index contributed by atoms with van der Waals surface area (Å²) in [6.45, 7) is 0. The SMILES string of the molecule is O=C(Nc1cn[nH]c1)Nc1ccc(C(=O)O)cc1F. The van der Waals surface area contributed by atoms with Gasteiger partial charge in [-0.25, -0.2) is 14.0 Å². The maximum Gasteiger partial charge on any atom is 0.335 e. The Balaban J connectivity index is 2.07. The van der Waals surface area contributed by atoms with Crippen LogP contribution in [0.1, 0.15) is 10.4 Å². The van der Waals surface area contributed by atoms with E-state index < -0.39 is 17.8 Å². The van der Waals surface area contributed by atoms with Gasteiger partial charge in [-0.05, 0) is 18.2 Å². The van der Waals surface area contributed by atoms with Gasteiger partial charge in [-0.3, -0.25) is 5.10 Å². The Morgan fingerprint density at radius 3 is 2.68 bits per heavy atom. The molecule has 1 heterocycles. The smallest absolute Gasteiger partial charge is 0.335 e. The number of urea groups is 1. The predicted molar refractivity (Wildman–Crippen MR) is 64.6 cm³/mol. The van der Waals surface area contributed by atoms with Crippen molar-refractivity contribution in [2.75, 3.05) is 10.6 Å². The Morgan fingerprint density at radius 2 is 2.11 bits per heavy atom. The maximum absolute atomic E-state index is 13.5. The third-order valence-electron chi connectivity index (χ3n) is 2.22. The predicted octanol–water partition coefficient (Wildman–Crippen LogP) is 1.89. The molecule has 0 atom stereocenters. The molecule has 0 bridgehead atoms. The number of carboxylic acid groups (broad SMARTS) is 1. The van der Waals surface area contributed by atoms with Crippen molar-refractivity contribution < 1.29 is 19.1 Å². The number of aromatic carboxylic acids is 1. The topological polar surface area (TPSA) is 107 Å². The summed E-state index contributed by atoms with van der Waals surface area (Å²) in [4.78, 5) is 22.1. The van der Waals surface area contributed by atoms with Gasteiger partial charge >= 0.3 is 12.0 Å². The molecule has 0 fully saturated rings. The van der Waals surface area contributed by atoms with Gasteiger partial charge in [0.1, 0.15) is 5.82 Å². The van der Waals surface area contributed by atoms with Crippen molar-refractivity contribution in [3.8, 4) is 0 Å². The summed E-state index contributed by atoms with van der Waals surface area (Å²) in [5.41, 5.74) is 0.101. The Bertz CT molecular complexity index is 612. The summed E-state index contributed by atoms with van der Waals surface area (Å²) >= 11 is 0. The number of rotatable bonds is 3. The number of aromatic amines is 1. The summed E-state index contributed by atoms with van der Waals surface area (Å²) in [6, 6.07) is 2.53. The molecule has 7 nitrogen and oxygen atoms in total. The highest BCUT2D eigenvalue weighted by Gasteiger charge is 2.10. The number of nitrogens with zero attached hydrogens (tertiary/aromatic N) is 1. The normalized spacial score (nSPS) is 9.95. The lowest BCUT2D eigenvalue weighted by Crippen LogP contribution is -2.20. The number of amides is 2. The van der Waals surface area contributed by atoms with Crippen LogP contribution in [0.5, 0.6) is 0 Å². The molecule has 0 unspecified atom stereocenters. The number of halogens is 1. The Kier molecular flexibility index (Phi) is 3.42. The first-order valence-electron chi connectivity index (χ1n) is 5.16. The number of anilines is 2. The summed E-state index contributed by atoms with van der Waals surface area (Å²) in [6.07, 6.45) is 2.83. The molecule has 8 heteroatoms. The molecule has 2 amide bonds. The molecular weight excluding hydrogens is 255 g/mol. The minimum absolute atomic E-state index is 0.119. The fourth-order valence-corrected chi connectivity index (χ4v) is 1.35. The quantitative estimate of drug-likeness (QED) is 0.679. The molecule has 0 saturated carbocycles. The number of carbonyl (C=O) groups is 2. The summed E-state index contributed by atoms with van der Waals surface area (Å²) < 4.78 is 13.5. The van der Waals surface area contributed by atoms with Crippen molar-refractivity contribution in [3.05, 3.63) is 42.0 Å². The first-order chi connectivity index (χ1) is 9.06. The Hall–Kier alpha value is -2.90. The second-order valence-corrected chi connectivity index (χ2v) is 3.57. The summed E-state index contributed by atoms with van der Waals surface area (Å²) in [5, 5.41) is 19.5. The molecule has 0 aliphatic rings. The van der Waals surface area contributed by atoms with Crippen LogP contribution in [-0.4, -0.2) is 27.3 Å². The first-order valence-corrected chi connectivity index (χ1v) is 5.16. The zero-order valence-corrected chi connectivity index (χ0v) is 9.48. The van der Waals surface area contributed by atoms with Crippen molar-refractivity contribution in [3.63, 3.8) is 0 Å². The standard InChI is InChI=1S/C11H9FN4O3/c12-8-3-6(10(17)18)1-2-9(8)16-11(19)15-7-4-13-14-5-7/h1-5H,(H,13,14)(H,17,18)(H2,15,16,19). The maximum atomic E-state index is 13.5. The van der Waals surface area contributed by atoms with Crippen LogP contribution in [0.4, 0.5) is 20.6 Å². The third-order valence-corrected chi connectivity index (χ3v) is 2.22. The van der Waals surface area contributed by atoms with Gasteiger partial charge in [-0.2, -0.15) is 5.10 Å². The molecule has 0 aliphatic heterocycles. The van der Waals surface area contributed by atoms with Crippen LogP contribution in [-0.2, 0) is 0 Å². The molecule has 2 aromatic rings. The van der Waals surface area contributed by atoms with Crippen molar-refractivity contribution >= 4 is 23.4 Å². The van der Waals surface area contributed by atoms with Crippen molar-refractivity contribution in [1.29, 1.82) is 0 Å². The van der Waals surface area contributed by atoms with Crippen LogP contribution in [0, 0.1) is 5.82 Å². The highest BCUT2D eigenvalue weighted by Crippen LogP contribution is 2.16. The highest BCUT2D eigenvalue weighted by atomic mass is 19.1. The van der Waals surface area contributed by atoms with Gasteiger partial charge in [0.05, 0.1) is 23.1 Å². The molecule has 0 radical (unpaired) electrons. The number of hydrogen-bond acceptors (Lipinski definition) is 3. The second kappa shape index (κ2) is 5.17. The highest BCUT2D eigenvalue weighted by molar-refractivity contribution is 6.00. The van der Waals surface area contributed by atoms with Gasteiger partial charge in [0.25, 0.3) is 0 Å². The summed E-state index contributed by atoms with van der Waals surface area (Å²) in [7, 11) is 0. The third kappa shape index (κ3) is 3.06. The van der Waals surface area contributed by atoms with E-state index in [2.05, 4.69) is 20.8 Å². The van der Waals surface area contributed by atoms with E-state index in [-0.39, 0.29) is 11.3 Å². The second-order valence-electron chi connectivity index (χ2n) is 3.57. The van der Waals surface area contributed by atoms with E-state index in [1.165, 1.54) is 24.5 Å². The van der Waals surface area contributed by atoms with E-state index in [4.69, 9.17) is 5.11 Å². The molecule has 0 spiro atoms. The van der Waals surface area contributed by atoms with E-state index in [0.29, 0.717) is 5.69 Å². The molecule has 0 saturated heterocycles. The molecule has 4 N–H and O–H groups in total. The lowest BCUT2D eigenvalue weighted by molar-refractivity contribution is 0.0696. The van der Waals surface area contributed by atoms with Crippen LogP contribution in [0.2, 0.25) is 0 Å². The van der Waals surface area contributed by atoms with Crippen LogP contribution >= 0.6 is 0 Å². The molecule has 1 aromatic carbocycles. The molecular formula is C11H9FN4O3. The van der Waals surface area contributed by atoms with Gasteiger partial charge in [0, 0.05) is 6.20 Å². The van der Waals surface area contributed by atoms with Gasteiger partial charge in [0.15, 0.2) is 0 Å². The molecule has 2 rings (SSSR count). The lowest BCUT2D eigenvalue weighted by Gasteiger charge is -2.07. The number of benzene rings is 1. The van der Waals surface area contributed by atoms with E-state index in [0.717, 1.165) is 6.07 Å². The van der Waals surface area contributed by atoms with Crippen LogP contribution in [0.25, 0.3) is 0 Å². The van der Waals surface area contributed by atoms with Gasteiger partial charge in [-0.1, -0.05) is 0 Å². The number of hydrogen-bond donors (Lipinski definition) is 4. The number of carbonyl (C=O) groups excluding carboxylic acids is 1. The van der Waals surface area contributed by atoms with E-state index in [1.807, 2.05) is 0 Å². The summed E-state index contributed by atoms with van der Waals surface area (Å²) in [5.74, 6) is -2.07. The van der Waals surface area contributed by atoms with Gasteiger partial charge < -0.3 is 15.7 Å².